The highest BCUT2D eigenvalue weighted by atomic mass is 32.2. The van der Waals surface area contributed by atoms with Crippen LogP contribution in [0.5, 0.6) is 0 Å². The number of rotatable bonds is 10. The molecule has 20 heavy (non-hydrogen) atoms. The molecule has 1 heterocycles. The summed E-state index contributed by atoms with van der Waals surface area (Å²) in [5, 5.41) is 3.12. The quantitative estimate of drug-likeness (QED) is 0.592. The molecule has 1 aliphatic rings. The van der Waals surface area contributed by atoms with Gasteiger partial charge in [0.2, 0.25) is 10.0 Å². The predicted molar refractivity (Wildman–Crippen MR) is 84.4 cm³/mol. The minimum Gasteiger partial charge on any atom is -0.315 e. The molecule has 0 saturated carbocycles. The standard InChI is InChI=1S/C14H31N3O2S/c1-12(2)9-17-10-14(11-17)20(18,19)16-8-6-5-7-15-13(3)4/h12-16H,5-11H2,1-4H3. The molecule has 0 bridgehead atoms. The predicted octanol–water partition coefficient (Wildman–Crippen LogP) is 1.02. The van der Waals surface area contributed by atoms with E-state index in [0.29, 0.717) is 31.6 Å². The highest BCUT2D eigenvalue weighted by Crippen LogP contribution is 2.16. The minimum atomic E-state index is -3.11. The van der Waals surface area contributed by atoms with E-state index < -0.39 is 10.0 Å². The summed E-state index contributed by atoms with van der Waals surface area (Å²) in [5.41, 5.74) is 0. The molecule has 6 heteroatoms. The van der Waals surface area contributed by atoms with Crippen molar-refractivity contribution in [1.82, 2.24) is 14.9 Å². The molecule has 1 aliphatic heterocycles. The van der Waals surface area contributed by atoms with Crippen molar-refractivity contribution in [3.8, 4) is 0 Å². The van der Waals surface area contributed by atoms with Gasteiger partial charge in [-0.2, -0.15) is 0 Å². The fraction of sp³-hybridized carbons (Fsp3) is 1.00. The van der Waals surface area contributed by atoms with E-state index in [-0.39, 0.29) is 5.25 Å². The van der Waals surface area contributed by atoms with Crippen molar-refractivity contribution in [1.29, 1.82) is 0 Å². The van der Waals surface area contributed by atoms with Crippen LogP contribution in [0.1, 0.15) is 40.5 Å². The number of likely N-dealkylation sites (tertiary alicyclic amines) is 1. The Hall–Kier alpha value is -0.170. The molecule has 0 aromatic rings. The molecule has 0 radical (unpaired) electrons. The van der Waals surface area contributed by atoms with Gasteiger partial charge in [0, 0.05) is 32.2 Å². The zero-order valence-corrected chi connectivity index (χ0v) is 14.2. The molecular weight excluding hydrogens is 274 g/mol. The third kappa shape index (κ3) is 6.52. The Kier molecular flexibility index (Phi) is 7.43. The number of hydrogen-bond donors (Lipinski definition) is 2. The lowest BCUT2D eigenvalue weighted by Gasteiger charge is -2.39. The second-order valence-corrected chi connectivity index (χ2v) is 8.54. The van der Waals surface area contributed by atoms with Gasteiger partial charge < -0.3 is 10.2 Å². The Bertz CT molecular complexity index is 363. The minimum absolute atomic E-state index is 0.213. The van der Waals surface area contributed by atoms with Crippen LogP contribution < -0.4 is 10.0 Å². The van der Waals surface area contributed by atoms with E-state index in [9.17, 15) is 8.42 Å². The van der Waals surface area contributed by atoms with Gasteiger partial charge in [-0.15, -0.1) is 0 Å². The summed E-state index contributed by atoms with van der Waals surface area (Å²) in [5.74, 6) is 0.597. The molecule has 5 nitrogen and oxygen atoms in total. The summed E-state index contributed by atoms with van der Waals surface area (Å²) in [7, 11) is -3.11. The number of sulfonamides is 1. The molecular formula is C14H31N3O2S. The number of nitrogens with one attached hydrogen (secondary N) is 2. The SMILES string of the molecule is CC(C)CN1CC(S(=O)(=O)NCCCCNC(C)C)C1. The molecule has 0 unspecified atom stereocenters. The van der Waals surface area contributed by atoms with Crippen molar-refractivity contribution in [3.05, 3.63) is 0 Å². The van der Waals surface area contributed by atoms with Crippen LogP contribution in [0.2, 0.25) is 0 Å². The average Bonchev–Trinajstić information content (AvgIpc) is 2.26. The van der Waals surface area contributed by atoms with Crippen molar-refractivity contribution in [2.24, 2.45) is 5.92 Å². The number of hydrogen-bond acceptors (Lipinski definition) is 4. The molecule has 2 N–H and O–H groups in total. The smallest absolute Gasteiger partial charge is 0.217 e. The van der Waals surface area contributed by atoms with Gasteiger partial charge in [-0.25, -0.2) is 13.1 Å². The van der Waals surface area contributed by atoms with E-state index in [1.54, 1.807) is 0 Å². The van der Waals surface area contributed by atoms with Crippen LogP contribution in [0.25, 0.3) is 0 Å². The summed E-state index contributed by atoms with van der Waals surface area (Å²) in [6.07, 6.45) is 1.90. The Labute approximate surface area is 124 Å². The van der Waals surface area contributed by atoms with Crippen LogP contribution in [0.4, 0.5) is 0 Å². The maximum atomic E-state index is 12.0. The van der Waals surface area contributed by atoms with Gasteiger partial charge in [-0.1, -0.05) is 27.7 Å². The van der Waals surface area contributed by atoms with Crippen LogP contribution in [0.3, 0.4) is 0 Å². The normalized spacial score (nSPS) is 17.9. The number of nitrogens with zero attached hydrogens (tertiary/aromatic N) is 1. The van der Waals surface area contributed by atoms with Gasteiger partial charge in [0.25, 0.3) is 0 Å². The van der Waals surface area contributed by atoms with Gasteiger partial charge in [0.15, 0.2) is 0 Å². The molecule has 0 aromatic carbocycles. The highest BCUT2D eigenvalue weighted by molar-refractivity contribution is 7.90. The first kappa shape index (κ1) is 17.9. The number of unbranched alkanes of at least 4 members (excludes halogenated alkanes) is 1. The van der Waals surface area contributed by atoms with Crippen molar-refractivity contribution >= 4 is 10.0 Å². The van der Waals surface area contributed by atoms with Crippen LogP contribution >= 0.6 is 0 Å². The van der Waals surface area contributed by atoms with E-state index in [2.05, 4.69) is 42.6 Å². The molecule has 0 atom stereocenters. The summed E-state index contributed by atoms with van der Waals surface area (Å²) < 4.78 is 26.8. The lowest BCUT2D eigenvalue weighted by molar-refractivity contribution is 0.164. The third-order valence-electron chi connectivity index (χ3n) is 3.45. The zero-order chi connectivity index (χ0) is 15.2. The highest BCUT2D eigenvalue weighted by Gasteiger charge is 2.36. The van der Waals surface area contributed by atoms with Crippen molar-refractivity contribution in [2.75, 3.05) is 32.7 Å². The zero-order valence-electron chi connectivity index (χ0n) is 13.4. The van der Waals surface area contributed by atoms with E-state index in [1.165, 1.54) is 0 Å². The molecule has 0 aliphatic carbocycles. The van der Waals surface area contributed by atoms with Crippen molar-refractivity contribution in [2.45, 2.75) is 51.8 Å². The first-order valence-electron chi connectivity index (χ1n) is 7.75. The van der Waals surface area contributed by atoms with Gasteiger partial charge in [-0.05, 0) is 25.3 Å². The Morgan fingerprint density at radius 3 is 2.25 bits per heavy atom. The van der Waals surface area contributed by atoms with Crippen LogP contribution in [0.15, 0.2) is 0 Å². The first-order chi connectivity index (χ1) is 9.31. The fourth-order valence-corrected chi connectivity index (χ4v) is 3.84. The Balaban J connectivity index is 2.11. The maximum Gasteiger partial charge on any atom is 0.217 e. The molecule has 0 spiro atoms. The fourth-order valence-electron chi connectivity index (χ4n) is 2.36. The van der Waals surface area contributed by atoms with Gasteiger partial charge in [0.1, 0.15) is 5.25 Å². The summed E-state index contributed by atoms with van der Waals surface area (Å²) in [4.78, 5) is 2.21. The summed E-state index contributed by atoms with van der Waals surface area (Å²) >= 11 is 0. The Morgan fingerprint density at radius 2 is 1.70 bits per heavy atom. The first-order valence-corrected chi connectivity index (χ1v) is 9.30. The van der Waals surface area contributed by atoms with Gasteiger partial charge >= 0.3 is 0 Å². The van der Waals surface area contributed by atoms with E-state index in [0.717, 1.165) is 25.9 Å². The Morgan fingerprint density at radius 1 is 1.10 bits per heavy atom. The van der Waals surface area contributed by atoms with Gasteiger partial charge in [0.05, 0.1) is 0 Å². The topological polar surface area (TPSA) is 61.4 Å². The maximum absolute atomic E-state index is 12.0. The molecule has 0 amide bonds. The lowest BCUT2D eigenvalue weighted by Crippen LogP contribution is -2.58. The summed E-state index contributed by atoms with van der Waals surface area (Å²) in [6, 6.07) is 0.494. The van der Waals surface area contributed by atoms with Crippen LogP contribution in [0, 0.1) is 5.92 Å². The third-order valence-corrected chi connectivity index (χ3v) is 5.23. The monoisotopic (exact) mass is 305 g/mol. The van der Waals surface area contributed by atoms with Crippen LogP contribution in [-0.4, -0.2) is 57.3 Å². The van der Waals surface area contributed by atoms with E-state index in [1.807, 2.05) is 0 Å². The van der Waals surface area contributed by atoms with Gasteiger partial charge in [-0.3, -0.25) is 0 Å². The second kappa shape index (κ2) is 8.32. The largest absolute Gasteiger partial charge is 0.315 e. The lowest BCUT2D eigenvalue weighted by atomic mass is 10.1. The second-order valence-electron chi connectivity index (χ2n) is 6.49. The van der Waals surface area contributed by atoms with E-state index >= 15 is 0 Å². The molecule has 1 fully saturated rings. The molecule has 1 saturated heterocycles. The van der Waals surface area contributed by atoms with Crippen LogP contribution in [-0.2, 0) is 10.0 Å². The average molecular weight is 305 g/mol. The molecule has 120 valence electrons. The van der Waals surface area contributed by atoms with Crippen molar-refractivity contribution in [3.63, 3.8) is 0 Å². The molecule has 0 aromatic heterocycles. The van der Waals surface area contributed by atoms with E-state index in [4.69, 9.17) is 0 Å². The summed E-state index contributed by atoms with van der Waals surface area (Å²) in [6.45, 7) is 12.4. The molecule has 1 rings (SSSR count). The van der Waals surface area contributed by atoms with Crippen molar-refractivity contribution < 1.29 is 8.42 Å².